The fraction of sp³-hybridized carbons (Fsp3) is 0.440. The largest absolute Gasteiger partial charge is 0.432 e. The van der Waals surface area contributed by atoms with Gasteiger partial charge in [-0.2, -0.15) is 0 Å². The van der Waals surface area contributed by atoms with Gasteiger partial charge in [0.2, 0.25) is 5.91 Å². The lowest BCUT2D eigenvalue weighted by atomic mass is 9.82. The Morgan fingerprint density at radius 3 is 2.48 bits per heavy atom. The van der Waals surface area contributed by atoms with E-state index in [1.165, 1.54) is 0 Å². The van der Waals surface area contributed by atoms with Crippen LogP contribution in [0.15, 0.2) is 54.6 Å². The van der Waals surface area contributed by atoms with Gasteiger partial charge >= 0.3 is 0 Å². The normalized spacial score (nSPS) is 26.3. The third kappa shape index (κ3) is 4.24. The number of rotatable bonds is 7. The molecule has 0 aliphatic carbocycles. The lowest BCUT2D eigenvalue weighted by molar-refractivity contribution is -0.148. The fourth-order valence-electron chi connectivity index (χ4n) is 5.57. The number of carbonyl (C=O) groups is 2. The number of nitrogens with zero attached hydrogens (tertiary/aromatic N) is 1. The second kappa shape index (κ2) is 9.02. The lowest BCUT2D eigenvalue weighted by Crippen LogP contribution is -2.44. The van der Waals surface area contributed by atoms with Gasteiger partial charge in [-0.15, -0.1) is 0 Å². The van der Waals surface area contributed by atoms with Gasteiger partial charge in [-0.1, -0.05) is 55.5 Å². The zero-order chi connectivity index (χ0) is 23.8. The van der Waals surface area contributed by atoms with E-state index in [0.717, 1.165) is 11.1 Å². The molecule has 4 atom stereocenters. The Labute approximate surface area is 195 Å². The van der Waals surface area contributed by atoms with E-state index in [0.29, 0.717) is 12.2 Å². The van der Waals surface area contributed by atoms with Crippen LogP contribution in [0.4, 0.5) is 5.69 Å². The van der Waals surface area contributed by atoms with Crippen LogP contribution in [-0.2, 0) is 26.5 Å². The van der Waals surface area contributed by atoms with E-state index in [1.54, 1.807) is 4.90 Å². The van der Waals surface area contributed by atoms with Gasteiger partial charge in [-0.25, -0.2) is 0 Å². The van der Waals surface area contributed by atoms with E-state index in [1.807, 2.05) is 74.6 Å². The Kier molecular flexibility index (Phi) is 6.46. The number of amides is 2. The Morgan fingerprint density at radius 1 is 1.15 bits per heavy atom. The Bertz CT molecular complexity index is 1020. The molecule has 2 aliphatic rings. The molecule has 0 bridgehead atoms. The first kappa shape index (κ1) is 23.6. The topological polar surface area (TPSA) is 99.1 Å². The van der Waals surface area contributed by atoms with Gasteiger partial charge in [0.15, 0.2) is 13.9 Å². The van der Waals surface area contributed by atoms with E-state index in [9.17, 15) is 19.5 Å². The summed E-state index contributed by atoms with van der Waals surface area (Å²) in [5, 5.41) is 12.5. The number of hydrogen-bond acceptors (Lipinski definition) is 5. The SMILES string of the molecule is C[C@@H]1[C@@H]([Si](C)(C)O)[C@H](CC(=O)N(CCO)Cc2ccccc2)O[C@@]12C(=O)Nc1ccccc12. The monoisotopic (exact) mass is 468 g/mol. The molecule has 176 valence electrons. The predicted molar refractivity (Wildman–Crippen MR) is 128 cm³/mol. The van der Waals surface area contributed by atoms with Crippen LogP contribution in [0.2, 0.25) is 18.6 Å². The van der Waals surface area contributed by atoms with Crippen molar-refractivity contribution < 1.29 is 24.2 Å². The molecule has 1 saturated heterocycles. The lowest BCUT2D eigenvalue weighted by Gasteiger charge is -2.32. The molecule has 2 aromatic rings. The summed E-state index contributed by atoms with van der Waals surface area (Å²) in [5.74, 6) is -0.714. The Balaban J connectivity index is 1.63. The number of aliphatic hydroxyl groups excluding tert-OH is 1. The molecule has 1 fully saturated rings. The number of carbonyl (C=O) groups excluding carboxylic acids is 2. The molecule has 0 radical (unpaired) electrons. The van der Waals surface area contributed by atoms with Gasteiger partial charge in [0.05, 0.1) is 19.1 Å². The molecule has 4 rings (SSSR count). The van der Waals surface area contributed by atoms with E-state index in [2.05, 4.69) is 5.32 Å². The summed E-state index contributed by atoms with van der Waals surface area (Å²) in [6.07, 6.45) is -0.566. The van der Waals surface area contributed by atoms with Crippen molar-refractivity contribution in [2.24, 2.45) is 5.92 Å². The van der Waals surface area contributed by atoms with Gasteiger partial charge in [0.25, 0.3) is 5.91 Å². The number of para-hydroxylation sites is 1. The Morgan fingerprint density at radius 2 is 1.82 bits per heavy atom. The molecule has 1 spiro atoms. The molecule has 2 aliphatic heterocycles. The van der Waals surface area contributed by atoms with Crippen molar-refractivity contribution in [3.63, 3.8) is 0 Å². The van der Waals surface area contributed by atoms with E-state index < -0.39 is 20.0 Å². The van der Waals surface area contributed by atoms with Crippen molar-refractivity contribution in [2.45, 2.75) is 50.2 Å². The first-order chi connectivity index (χ1) is 15.7. The van der Waals surface area contributed by atoms with Gasteiger partial charge in [0.1, 0.15) is 0 Å². The van der Waals surface area contributed by atoms with Crippen molar-refractivity contribution in [3.05, 3.63) is 65.7 Å². The van der Waals surface area contributed by atoms with Gasteiger partial charge in [0, 0.05) is 35.8 Å². The summed E-state index contributed by atoms with van der Waals surface area (Å²) in [7, 11) is -2.81. The van der Waals surface area contributed by atoms with Crippen LogP contribution < -0.4 is 5.32 Å². The highest BCUT2D eigenvalue weighted by Crippen LogP contribution is 2.58. The van der Waals surface area contributed by atoms with Crippen LogP contribution in [-0.4, -0.2) is 54.2 Å². The maximum atomic E-state index is 13.4. The van der Waals surface area contributed by atoms with E-state index >= 15 is 0 Å². The predicted octanol–water partition coefficient (Wildman–Crippen LogP) is 2.85. The zero-order valence-corrected chi connectivity index (χ0v) is 20.3. The third-order valence-corrected chi connectivity index (χ3v) is 9.46. The number of aliphatic hydroxyl groups is 1. The summed E-state index contributed by atoms with van der Waals surface area (Å²) < 4.78 is 6.50. The molecule has 33 heavy (non-hydrogen) atoms. The molecule has 2 aromatic carbocycles. The molecular formula is C25H32N2O5Si. The van der Waals surface area contributed by atoms with Crippen molar-refractivity contribution >= 4 is 25.8 Å². The first-order valence-corrected chi connectivity index (χ1v) is 14.4. The molecular weight excluding hydrogens is 436 g/mol. The molecule has 3 N–H and O–H groups in total. The number of benzene rings is 2. The summed E-state index contributed by atoms with van der Waals surface area (Å²) in [6.45, 7) is 6.04. The minimum Gasteiger partial charge on any atom is -0.432 e. The van der Waals surface area contributed by atoms with Gasteiger partial charge in [-0.3, -0.25) is 9.59 Å². The van der Waals surface area contributed by atoms with Crippen LogP contribution >= 0.6 is 0 Å². The number of anilines is 1. The molecule has 0 saturated carbocycles. The van der Waals surface area contributed by atoms with E-state index in [4.69, 9.17) is 4.74 Å². The highest BCUT2D eigenvalue weighted by Gasteiger charge is 2.64. The molecule has 2 amide bonds. The third-order valence-electron chi connectivity index (χ3n) is 6.96. The number of fused-ring (bicyclic) bond motifs is 2. The standard InChI is InChI=1S/C25H32N2O5Si/c1-17-23(33(2,3)31)21(32-25(17)19-11-7-8-12-20(19)26-24(25)30)15-22(29)27(13-14-28)16-18-9-5-4-6-10-18/h4-12,17,21,23,28,31H,13-16H2,1-3H3,(H,26,30)/t17-,21+,23-,25+/m1/s1. The van der Waals surface area contributed by atoms with Gasteiger partial charge in [-0.05, 0) is 24.7 Å². The Hall–Kier alpha value is -2.52. The average molecular weight is 469 g/mol. The molecule has 8 heteroatoms. The molecule has 7 nitrogen and oxygen atoms in total. The zero-order valence-electron chi connectivity index (χ0n) is 19.3. The van der Waals surface area contributed by atoms with Crippen molar-refractivity contribution in [1.29, 1.82) is 0 Å². The second-order valence-corrected chi connectivity index (χ2v) is 13.6. The minimum absolute atomic E-state index is 0.0377. The van der Waals surface area contributed by atoms with Gasteiger partial charge < -0.3 is 24.9 Å². The van der Waals surface area contributed by atoms with Crippen LogP contribution in [0.1, 0.15) is 24.5 Å². The number of hydrogen-bond donors (Lipinski definition) is 3. The highest BCUT2D eigenvalue weighted by atomic mass is 28.4. The summed E-state index contributed by atoms with van der Waals surface area (Å²) in [5.41, 5.74) is 0.904. The van der Waals surface area contributed by atoms with Crippen molar-refractivity contribution in [3.8, 4) is 0 Å². The van der Waals surface area contributed by atoms with E-state index in [-0.39, 0.29) is 42.8 Å². The van der Waals surface area contributed by atoms with Crippen LogP contribution in [0.25, 0.3) is 0 Å². The maximum absolute atomic E-state index is 13.4. The smallest absolute Gasteiger partial charge is 0.261 e. The van der Waals surface area contributed by atoms with Crippen molar-refractivity contribution in [2.75, 3.05) is 18.5 Å². The van der Waals surface area contributed by atoms with Crippen LogP contribution in [0.5, 0.6) is 0 Å². The summed E-state index contributed by atoms with van der Waals surface area (Å²) in [4.78, 5) is 39.4. The highest BCUT2D eigenvalue weighted by molar-refractivity contribution is 6.71. The summed E-state index contributed by atoms with van der Waals surface area (Å²) >= 11 is 0. The van der Waals surface area contributed by atoms with Crippen LogP contribution in [0.3, 0.4) is 0 Å². The number of ether oxygens (including phenoxy) is 1. The number of nitrogens with one attached hydrogen (secondary N) is 1. The molecule has 2 heterocycles. The fourth-order valence-corrected chi connectivity index (χ4v) is 8.12. The van der Waals surface area contributed by atoms with Crippen molar-refractivity contribution in [1.82, 2.24) is 4.90 Å². The second-order valence-electron chi connectivity index (χ2n) is 9.59. The maximum Gasteiger partial charge on any atom is 0.261 e. The molecule has 0 aromatic heterocycles. The summed E-state index contributed by atoms with van der Waals surface area (Å²) in [6, 6.07) is 17.1. The minimum atomic E-state index is -2.81. The van der Waals surface area contributed by atoms with Crippen LogP contribution in [0, 0.1) is 5.92 Å². The first-order valence-electron chi connectivity index (χ1n) is 11.4. The average Bonchev–Trinajstić information content (AvgIpc) is 3.22. The quantitative estimate of drug-likeness (QED) is 0.543. The molecule has 0 unspecified atom stereocenters.